The Labute approximate surface area is 187 Å². The summed E-state index contributed by atoms with van der Waals surface area (Å²) in [4.78, 5) is 26.8. The van der Waals surface area contributed by atoms with Gasteiger partial charge in [-0.15, -0.1) is 35.3 Å². The van der Waals surface area contributed by atoms with Crippen LogP contribution in [0.1, 0.15) is 33.1 Å². The van der Waals surface area contributed by atoms with Crippen molar-refractivity contribution in [1.29, 1.82) is 0 Å². The lowest BCUT2D eigenvalue weighted by atomic mass is 10.3. The molecule has 1 aliphatic heterocycles. The smallest absolute Gasteiger partial charge is 0.289 e. The van der Waals surface area contributed by atoms with Crippen LogP contribution in [0.5, 0.6) is 0 Å². The van der Waals surface area contributed by atoms with Crippen LogP contribution in [0, 0.1) is 6.92 Å². The molecule has 1 saturated heterocycles. The van der Waals surface area contributed by atoms with Crippen LogP contribution in [0.4, 0.5) is 0 Å². The highest BCUT2D eigenvalue weighted by atomic mass is 127. The quantitative estimate of drug-likeness (QED) is 0.375. The Kier molecular flexibility index (Phi) is 8.74. The molecule has 3 rings (SSSR count). The van der Waals surface area contributed by atoms with Gasteiger partial charge in [0.05, 0.1) is 17.0 Å². The van der Waals surface area contributed by atoms with E-state index in [1.807, 2.05) is 4.90 Å². The molecule has 0 atom stereocenters. The molecule has 0 spiro atoms. The van der Waals surface area contributed by atoms with Crippen LogP contribution in [0.15, 0.2) is 27.8 Å². The molecule has 0 saturated carbocycles. The number of guanidine groups is 1. The van der Waals surface area contributed by atoms with Gasteiger partial charge in [0, 0.05) is 51.1 Å². The Morgan fingerprint density at radius 1 is 1.32 bits per heavy atom. The van der Waals surface area contributed by atoms with E-state index in [-0.39, 0.29) is 29.9 Å². The van der Waals surface area contributed by atoms with Gasteiger partial charge in [-0.3, -0.25) is 9.79 Å². The summed E-state index contributed by atoms with van der Waals surface area (Å²) < 4.78 is 5.21. The highest BCUT2D eigenvalue weighted by Gasteiger charge is 2.25. The van der Waals surface area contributed by atoms with E-state index in [0.29, 0.717) is 18.8 Å². The molecule has 2 aromatic rings. The maximum Gasteiger partial charge on any atom is 0.289 e. The number of amides is 1. The lowest BCUT2D eigenvalue weighted by molar-refractivity contribution is 0.0658. The van der Waals surface area contributed by atoms with E-state index >= 15 is 0 Å². The van der Waals surface area contributed by atoms with E-state index in [9.17, 15) is 4.79 Å². The first-order valence-electron chi connectivity index (χ1n) is 9.36. The number of carbonyl (C=O) groups excluding carboxylic acids is 1. The first-order valence-corrected chi connectivity index (χ1v) is 10.2. The SMILES string of the molecule is CCc1nc(CCNC(=NC)N2CCN(C(=O)c3ccco3)CC2)sc1C.I. The zero-order valence-corrected chi connectivity index (χ0v) is 19.8. The molecule has 0 bridgehead atoms. The van der Waals surface area contributed by atoms with Crippen molar-refractivity contribution >= 4 is 47.2 Å². The number of nitrogens with one attached hydrogen (secondary N) is 1. The van der Waals surface area contributed by atoms with Crippen molar-refractivity contribution in [3.63, 3.8) is 0 Å². The standard InChI is InChI=1S/C19H27N5O2S.HI/c1-4-15-14(2)27-17(22-15)7-8-21-19(20-3)24-11-9-23(10-12-24)18(25)16-6-5-13-26-16;/h5-6,13H,4,7-12H2,1-3H3,(H,20,21);1H. The normalized spacial score (nSPS) is 14.8. The Morgan fingerprint density at radius 2 is 2.04 bits per heavy atom. The molecule has 0 aromatic carbocycles. The lowest BCUT2D eigenvalue weighted by Gasteiger charge is -2.36. The van der Waals surface area contributed by atoms with Crippen LogP contribution in [-0.2, 0) is 12.8 Å². The number of furan rings is 1. The number of rotatable bonds is 5. The number of aromatic nitrogens is 1. The minimum atomic E-state index is -0.0477. The van der Waals surface area contributed by atoms with Crippen molar-refractivity contribution in [1.82, 2.24) is 20.1 Å². The van der Waals surface area contributed by atoms with Gasteiger partial charge in [0.25, 0.3) is 5.91 Å². The molecule has 1 amide bonds. The Balaban J connectivity index is 0.00000280. The first-order chi connectivity index (χ1) is 13.1. The van der Waals surface area contributed by atoms with Crippen molar-refractivity contribution in [2.45, 2.75) is 26.7 Å². The summed E-state index contributed by atoms with van der Waals surface area (Å²) in [6.07, 6.45) is 3.41. The molecule has 1 aliphatic rings. The van der Waals surface area contributed by atoms with Crippen LogP contribution in [-0.4, -0.2) is 66.4 Å². The maximum absolute atomic E-state index is 12.4. The number of thiazole rings is 1. The highest BCUT2D eigenvalue weighted by Crippen LogP contribution is 2.18. The summed E-state index contributed by atoms with van der Waals surface area (Å²) in [5, 5.41) is 4.59. The summed E-state index contributed by atoms with van der Waals surface area (Å²) in [7, 11) is 1.80. The Bertz CT molecular complexity index is 782. The predicted octanol–water partition coefficient (Wildman–Crippen LogP) is 2.80. The van der Waals surface area contributed by atoms with E-state index < -0.39 is 0 Å². The van der Waals surface area contributed by atoms with Crippen LogP contribution in [0.3, 0.4) is 0 Å². The molecule has 9 heteroatoms. The van der Waals surface area contributed by atoms with E-state index in [2.05, 4.69) is 34.0 Å². The number of piperazine rings is 1. The summed E-state index contributed by atoms with van der Waals surface area (Å²) in [6.45, 7) is 7.90. The van der Waals surface area contributed by atoms with Gasteiger partial charge in [0.2, 0.25) is 0 Å². The van der Waals surface area contributed by atoms with Crippen molar-refractivity contribution < 1.29 is 9.21 Å². The number of carbonyl (C=O) groups is 1. The minimum Gasteiger partial charge on any atom is -0.459 e. The van der Waals surface area contributed by atoms with Gasteiger partial charge in [-0.05, 0) is 25.5 Å². The van der Waals surface area contributed by atoms with Crippen molar-refractivity contribution in [3.8, 4) is 0 Å². The number of aryl methyl sites for hydroxylation is 2. The molecular formula is C19H28IN5O2S. The molecule has 0 aliphatic carbocycles. The summed E-state index contributed by atoms with van der Waals surface area (Å²) in [6, 6.07) is 3.45. The lowest BCUT2D eigenvalue weighted by Crippen LogP contribution is -2.54. The van der Waals surface area contributed by atoms with Crippen LogP contribution in [0.25, 0.3) is 0 Å². The van der Waals surface area contributed by atoms with Crippen LogP contribution in [0.2, 0.25) is 0 Å². The van der Waals surface area contributed by atoms with E-state index in [1.54, 1.807) is 30.5 Å². The second kappa shape index (κ2) is 10.8. The molecule has 1 fully saturated rings. The summed E-state index contributed by atoms with van der Waals surface area (Å²) in [5.74, 6) is 1.23. The average Bonchev–Trinajstić information content (AvgIpc) is 3.34. The third kappa shape index (κ3) is 5.47. The fraction of sp³-hybridized carbons (Fsp3) is 0.526. The van der Waals surface area contributed by atoms with Crippen molar-refractivity contribution in [2.75, 3.05) is 39.8 Å². The molecule has 154 valence electrons. The Morgan fingerprint density at radius 3 is 2.61 bits per heavy atom. The first kappa shape index (κ1) is 22.7. The van der Waals surface area contributed by atoms with Crippen LogP contribution >= 0.6 is 35.3 Å². The molecular weight excluding hydrogens is 489 g/mol. The largest absolute Gasteiger partial charge is 0.459 e. The van der Waals surface area contributed by atoms with E-state index in [4.69, 9.17) is 4.42 Å². The molecule has 3 heterocycles. The summed E-state index contributed by atoms with van der Waals surface area (Å²) >= 11 is 1.78. The number of aliphatic imine (C=N–C) groups is 1. The molecule has 0 radical (unpaired) electrons. The topological polar surface area (TPSA) is 74.0 Å². The van der Waals surface area contributed by atoms with Gasteiger partial charge in [0.1, 0.15) is 0 Å². The summed E-state index contributed by atoms with van der Waals surface area (Å²) in [5.41, 5.74) is 1.21. The van der Waals surface area contributed by atoms with Gasteiger partial charge in [-0.1, -0.05) is 6.92 Å². The minimum absolute atomic E-state index is 0. The fourth-order valence-corrected chi connectivity index (χ4v) is 4.23. The number of halogens is 1. The zero-order chi connectivity index (χ0) is 19.2. The second-order valence-corrected chi connectivity index (χ2v) is 7.73. The van der Waals surface area contributed by atoms with Crippen molar-refractivity contribution in [3.05, 3.63) is 39.7 Å². The monoisotopic (exact) mass is 517 g/mol. The third-order valence-corrected chi connectivity index (χ3v) is 5.78. The van der Waals surface area contributed by atoms with Crippen molar-refractivity contribution in [2.24, 2.45) is 4.99 Å². The fourth-order valence-electron chi connectivity index (χ4n) is 3.21. The molecule has 1 N–H and O–H groups in total. The molecule has 28 heavy (non-hydrogen) atoms. The predicted molar refractivity (Wildman–Crippen MR) is 123 cm³/mol. The number of hydrogen-bond donors (Lipinski definition) is 1. The van der Waals surface area contributed by atoms with Gasteiger partial charge in [-0.25, -0.2) is 4.98 Å². The maximum atomic E-state index is 12.4. The molecule has 0 unspecified atom stereocenters. The van der Waals surface area contributed by atoms with Gasteiger partial charge < -0.3 is 19.5 Å². The average molecular weight is 517 g/mol. The van der Waals surface area contributed by atoms with Gasteiger partial charge >= 0.3 is 0 Å². The van der Waals surface area contributed by atoms with Crippen LogP contribution < -0.4 is 5.32 Å². The van der Waals surface area contributed by atoms with Gasteiger partial charge in [0.15, 0.2) is 11.7 Å². The molecule has 7 nitrogen and oxygen atoms in total. The second-order valence-electron chi connectivity index (χ2n) is 6.44. The highest BCUT2D eigenvalue weighted by molar-refractivity contribution is 14.0. The van der Waals surface area contributed by atoms with E-state index in [1.165, 1.54) is 21.8 Å². The van der Waals surface area contributed by atoms with Gasteiger partial charge in [-0.2, -0.15) is 0 Å². The Hall–Kier alpha value is -1.62. The number of nitrogens with zero attached hydrogens (tertiary/aromatic N) is 4. The van der Waals surface area contributed by atoms with E-state index in [0.717, 1.165) is 38.4 Å². The third-order valence-electron chi connectivity index (χ3n) is 4.70. The number of hydrogen-bond acceptors (Lipinski definition) is 5. The molecule has 2 aromatic heterocycles. The zero-order valence-electron chi connectivity index (χ0n) is 16.6.